The quantitative estimate of drug-likeness (QED) is 0.589. The number of nitrogens with zero attached hydrogens (tertiary/aromatic N) is 1. The number of nitrogen functional groups attached to an aromatic ring is 1. The molecule has 1 heterocycles. The average molecular weight is 139 g/mol. The lowest BCUT2D eigenvalue weighted by molar-refractivity contribution is 0.0983. The van der Waals surface area contributed by atoms with Crippen molar-refractivity contribution in [3.63, 3.8) is 0 Å². The van der Waals surface area contributed by atoms with Crippen LogP contribution in [-0.2, 0) is 0 Å². The summed E-state index contributed by atoms with van der Waals surface area (Å²) in [5, 5.41) is 6.15. The van der Waals surface area contributed by atoms with Crippen molar-refractivity contribution in [2.24, 2.45) is 0 Å². The van der Waals surface area contributed by atoms with Crippen LogP contribution in [0.5, 0.6) is 0 Å². The van der Waals surface area contributed by atoms with Crippen LogP contribution < -0.4 is 5.73 Å². The third-order valence-corrected chi connectivity index (χ3v) is 1.22. The van der Waals surface area contributed by atoms with Gasteiger partial charge in [0.25, 0.3) is 0 Å². The highest BCUT2D eigenvalue weighted by atomic mass is 16.1. The van der Waals surface area contributed by atoms with Crippen molar-refractivity contribution in [1.82, 2.24) is 10.2 Å². The van der Waals surface area contributed by atoms with Gasteiger partial charge in [-0.15, -0.1) is 0 Å². The second-order valence-electron chi connectivity index (χ2n) is 1.98. The Balaban J connectivity index is 2.85. The molecule has 0 unspecified atom stereocenters. The number of anilines is 1. The van der Waals surface area contributed by atoms with Gasteiger partial charge < -0.3 is 5.73 Å². The summed E-state index contributed by atoms with van der Waals surface area (Å²) >= 11 is 0. The van der Waals surface area contributed by atoms with Crippen molar-refractivity contribution in [2.45, 2.75) is 13.3 Å². The Bertz CT molecular complexity index is 241. The van der Waals surface area contributed by atoms with E-state index in [0.717, 1.165) is 0 Å². The Kier molecular flexibility index (Phi) is 1.71. The molecule has 0 radical (unpaired) electrons. The monoisotopic (exact) mass is 139 g/mol. The number of carbonyl (C=O) groups is 1. The Labute approximate surface area is 58.4 Å². The highest BCUT2D eigenvalue weighted by Gasteiger charge is 2.04. The Hall–Kier alpha value is -1.32. The minimum absolute atomic E-state index is 0.0317. The number of H-pyrrole nitrogens is 1. The van der Waals surface area contributed by atoms with E-state index in [1.165, 1.54) is 6.07 Å². The molecule has 0 saturated heterocycles. The van der Waals surface area contributed by atoms with E-state index in [-0.39, 0.29) is 5.78 Å². The first-order chi connectivity index (χ1) is 4.74. The predicted molar refractivity (Wildman–Crippen MR) is 37.6 cm³/mol. The second-order valence-corrected chi connectivity index (χ2v) is 1.98. The number of ketones is 1. The highest BCUT2D eigenvalue weighted by Crippen LogP contribution is 2.02. The number of hydrogen-bond donors (Lipinski definition) is 2. The molecule has 0 saturated carbocycles. The Morgan fingerprint density at radius 3 is 3.00 bits per heavy atom. The fraction of sp³-hybridized carbons (Fsp3) is 0.333. The van der Waals surface area contributed by atoms with E-state index in [1.54, 1.807) is 6.92 Å². The molecule has 0 aliphatic rings. The third-order valence-electron chi connectivity index (χ3n) is 1.22. The van der Waals surface area contributed by atoms with E-state index in [1.807, 2.05) is 0 Å². The SMILES string of the molecule is CCC(=O)c1cc(N)n[nH]1. The minimum atomic E-state index is 0.0317. The lowest BCUT2D eigenvalue weighted by Crippen LogP contribution is -1.95. The number of rotatable bonds is 2. The summed E-state index contributed by atoms with van der Waals surface area (Å²) in [5.74, 6) is 0.390. The first-order valence-corrected chi connectivity index (χ1v) is 3.08. The number of nitrogens with two attached hydrogens (primary N) is 1. The molecule has 0 atom stereocenters. The summed E-state index contributed by atoms with van der Waals surface area (Å²) < 4.78 is 0. The van der Waals surface area contributed by atoms with Crippen LogP contribution in [0.3, 0.4) is 0 Å². The molecule has 0 aliphatic carbocycles. The molecular weight excluding hydrogens is 130 g/mol. The van der Waals surface area contributed by atoms with Crippen LogP contribution in [0, 0.1) is 0 Å². The van der Waals surface area contributed by atoms with Gasteiger partial charge >= 0.3 is 0 Å². The van der Waals surface area contributed by atoms with E-state index < -0.39 is 0 Å². The van der Waals surface area contributed by atoms with Crippen molar-refractivity contribution in [1.29, 1.82) is 0 Å². The summed E-state index contributed by atoms with van der Waals surface area (Å²) in [7, 11) is 0. The molecule has 54 valence electrons. The van der Waals surface area contributed by atoms with Crippen LogP contribution in [0.2, 0.25) is 0 Å². The van der Waals surface area contributed by atoms with Crippen molar-refractivity contribution in [3.8, 4) is 0 Å². The molecule has 0 spiro atoms. The fourth-order valence-electron chi connectivity index (χ4n) is 0.671. The molecule has 4 nitrogen and oxygen atoms in total. The fourth-order valence-corrected chi connectivity index (χ4v) is 0.671. The number of aromatic nitrogens is 2. The van der Waals surface area contributed by atoms with Crippen molar-refractivity contribution >= 4 is 11.6 Å². The number of hydrogen-bond acceptors (Lipinski definition) is 3. The van der Waals surface area contributed by atoms with Crippen LogP contribution in [0.15, 0.2) is 6.07 Å². The number of aromatic amines is 1. The maximum absolute atomic E-state index is 10.9. The van der Waals surface area contributed by atoms with Gasteiger partial charge in [-0.2, -0.15) is 5.10 Å². The Morgan fingerprint density at radius 2 is 2.60 bits per heavy atom. The normalized spacial score (nSPS) is 9.70. The highest BCUT2D eigenvalue weighted by molar-refractivity contribution is 5.94. The van der Waals surface area contributed by atoms with Gasteiger partial charge in [-0.25, -0.2) is 0 Å². The summed E-state index contributed by atoms with van der Waals surface area (Å²) in [6, 6.07) is 1.53. The molecule has 0 aliphatic heterocycles. The first kappa shape index (κ1) is 6.80. The molecular formula is C6H9N3O. The van der Waals surface area contributed by atoms with Crippen molar-refractivity contribution in [2.75, 3.05) is 5.73 Å². The van der Waals surface area contributed by atoms with Crippen LogP contribution in [0.25, 0.3) is 0 Å². The zero-order chi connectivity index (χ0) is 7.56. The number of nitrogens with one attached hydrogen (secondary N) is 1. The topological polar surface area (TPSA) is 71.8 Å². The van der Waals surface area contributed by atoms with E-state index in [0.29, 0.717) is 17.9 Å². The zero-order valence-corrected chi connectivity index (χ0v) is 5.72. The van der Waals surface area contributed by atoms with Crippen LogP contribution in [-0.4, -0.2) is 16.0 Å². The summed E-state index contributed by atoms with van der Waals surface area (Å²) in [6.45, 7) is 1.79. The second kappa shape index (κ2) is 2.51. The smallest absolute Gasteiger partial charge is 0.180 e. The molecule has 10 heavy (non-hydrogen) atoms. The third kappa shape index (κ3) is 1.15. The van der Waals surface area contributed by atoms with E-state index in [4.69, 9.17) is 5.73 Å². The molecule has 4 heteroatoms. The molecule has 0 fully saturated rings. The summed E-state index contributed by atoms with van der Waals surface area (Å²) in [6.07, 6.45) is 0.474. The molecule has 1 aromatic rings. The molecule has 1 aromatic heterocycles. The maximum atomic E-state index is 10.9. The van der Waals surface area contributed by atoms with Gasteiger partial charge in [0.15, 0.2) is 5.78 Å². The maximum Gasteiger partial charge on any atom is 0.180 e. The first-order valence-electron chi connectivity index (χ1n) is 3.08. The predicted octanol–water partition coefficient (Wildman–Crippen LogP) is 0.585. The minimum Gasteiger partial charge on any atom is -0.382 e. The van der Waals surface area contributed by atoms with Gasteiger partial charge in [0.1, 0.15) is 11.5 Å². The van der Waals surface area contributed by atoms with Gasteiger partial charge in [0.05, 0.1) is 0 Å². The van der Waals surface area contributed by atoms with Crippen LogP contribution >= 0.6 is 0 Å². The molecule has 3 N–H and O–H groups in total. The van der Waals surface area contributed by atoms with Crippen LogP contribution in [0.1, 0.15) is 23.8 Å². The van der Waals surface area contributed by atoms with Crippen molar-refractivity contribution in [3.05, 3.63) is 11.8 Å². The average Bonchev–Trinajstić information content (AvgIpc) is 2.34. The van der Waals surface area contributed by atoms with E-state index >= 15 is 0 Å². The number of carbonyl (C=O) groups excluding carboxylic acids is 1. The van der Waals surface area contributed by atoms with E-state index in [2.05, 4.69) is 10.2 Å². The van der Waals surface area contributed by atoms with Gasteiger partial charge in [0.2, 0.25) is 0 Å². The summed E-state index contributed by atoms with van der Waals surface area (Å²) in [4.78, 5) is 10.9. The summed E-state index contributed by atoms with van der Waals surface area (Å²) in [5.41, 5.74) is 5.76. The van der Waals surface area contributed by atoms with Gasteiger partial charge in [-0.05, 0) is 0 Å². The molecule has 1 rings (SSSR count). The van der Waals surface area contributed by atoms with Gasteiger partial charge in [-0.3, -0.25) is 9.89 Å². The lowest BCUT2D eigenvalue weighted by Gasteiger charge is -1.86. The lowest BCUT2D eigenvalue weighted by atomic mass is 10.2. The molecule has 0 amide bonds. The molecule has 0 bridgehead atoms. The zero-order valence-electron chi connectivity index (χ0n) is 5.72. The largest absolute Gasteiger partial charge is 0.382 e. The Morgan fingerprint density at radius 1 is 1.90 bits per heavy atom. The molecule has 0 aromatic carbocycles. The van der Waals surface area contributed by atoms with Gasteiger partial charge in [-0.1, -0.05) is 6.92 Å². The van der Waals surface area contributed by atoms with Gasteiger partial charge in [0, 0.05) is 12.5 Å². The van der Waals surface area contributed by atoms with Crippen molar-refractivity contribution < 1.29 is 4.79 Å². The standard InChI is InChI=1S/C6H9N3O/c1-2-5(10)4-3-6(7)9-8-4/h3H,2H2,1H3,(H3,7,8,9). The number of Topliss-reactive ketones (excluding diaryl/α,β-unsaturated/α-hetero) is 1. The van der Waals surface area contributed by atoms with E-state index in [9.17, 15) is 4.79 Å². The van der Waals surface area contributed by atoms with Crippen LogP contribution in [0.4, 0.5) is 5.82 Å².